The Hall–Kier alpha value is -2.93. The topological polar surface area (TPSA) is 91.8 Å². The molecule has 1 aromatic carbocycles. The standard InChI is InChI=1S/C19H19N3O4/c23-17(22(25)12-13-4-8-20-9-5-13)15-1-2-16-14(11-15)3-6-19(26-16)7-10-21-18(19)24/h1-2,4-5,8-9,11,25H,3,6-7,10,12H2,(H,21,24). The summed E-state index contributed by atoms with van der Waals surface area (Å²) in [6.45, 7) is 0.706. The Morgan fingerprint density at radius 3 is 2.81 bits per heavy atom. The average molecular weight is 353 g/mol. The number of carbonyl (C=O) groups is 2. The number of carbonyl (C=O) groups excluding carboxylic acids is 2. The number of fused-ring (bicyclic) bond motifs is 1. The fourth-order valence-electron chi connectivity index (χ4n) is 3.48. The van der Waals surface area contributed by atoms with Crippen molar-refractivity contribution < 1.29 is 19.5 Å². The molecule has 2 N–H and O–H groups in total. The summed E-state index contributed by atoms with van der Waals surface area (Å²) in [6.07, 6.45) is 5.11. The number of hydrogen-bond acceptors (Lipinski definition) is 5. The number of rotatable bonds is 3. The van der Waals surface area contributed by atoms with E-state index in [1.165, 1.54) is 0 Å². The number of amides is 2. The molecule has 1 spiro atoms. The lowest BCUT2D eigenvalue weighted by molar-refractivity contribution is -0.133. The molecule has 0 bridgehead atoms. The number of pyridine rings is 1. The maximum absolute atomic E-state index is 12.5. The molecule has 1 saturated heterocycles. The third-order valence-electron chi connectivity index (χ3n) is 4.96. The molecule has 1 fully saturated rings. The van der Waals surface area contributed by atoms with Crippen molar-refractivity contribution in [3.63, 3.8) is 0 Å². The Kier molecular flexibility index (Phi) is 4.08. The SMILES string of the molecule is O=C(c1ccc2c(c1)CCC1(CCNC1=O)O2)N(O)Cc1ccncc1. The first kappa shape index (κ1) is 16.5. The van der Waals surface area contributed by atoms with Gasteiger partial charge in [0.05, 0.1) is 6.54 Å². The number of nitrogens with one attached hydrogen (secondary N) is 1. The molecular formula is C19H19N3O4. The number of benzene rings is 1. The minimum atomic E-state index is -0.775. The largest absolute Gasteiger partial charge is 0.477 e. The van der Waals surface area contributed by atoms with Crippen molar-refractivity contribution in [1.82, 2.24) is 15.4 Å². The highest BCUT2D eigenvalue weighted by Crippen LogP contribution is 2.37. The van der Waals surface area contributed by atoms with Crippen LogP contribution in [0.15, 0.2) is 42.7 Å². The second-order valence-electron chi connectivity index (χ2n) is 6.64. The summed E-state index contributed by atoms with van der Waals surface area (Å²) < 4.78 is 5.98. The Morgan fingerprint density at radius 2 is 2.08 bits per heavy atom. The lowest BCUT2D eigenvalue weighted by atomic mass is 9.89. The van der Waals surface area contributed by atoms with Gasteiger partial charge in [-0.2, -0.15) is 0 Å². The van der Waals surface area contributed by atoms with Crippen LogP contribution in [0.1, 0.15) is 34.3 Å². The maximum Gasteiger partial charge on any atom is 0.277 e. The highest BCUT2D eigenvalue weighted by atomic mass is 16.5. The second kappa shape index (κ2) is 6.42. The molecule has 2 aliphatic rings. The van der Waals surface area contributed by atoms with E-state index in [0.29, 0.717) is 42.2 Å². The van der Waals surface area contributed by atoms with Gasteiger partial charge in [-0.25, -0.2) is 5.06 Å². The molecule has 0 saturated carbocycles. The molecular weight excluding hydrogens is 334 g/mol. The Balaban J connectivity index is 1.51. The van der Waals surface area contributed by atoms with Gasteiger partial charge in [0, 0.05) is 37.3 Å². The zero-order chi connectivity index (χ0) is 18.1. The molecule has 26 heavy (non-hydrogen) atoms. The molecule has 3 heterocycles. The van der Waals surface area contributed by atoms with Crippen LogP contribution in [0.2, 0.25) is 0 Å². The van der Waals surface area contributed by atoms with Gasteiger partial charge in [-0.3, -0.25) is 19.8 Å². The minimum absolute atomic E-state index is 0.0674. The molecule has 7 heteroatoms. The fraction of sp³-hybridized carbons (Fsp3) is 0.316. The quantitative estimate of drug-likeness (QED) is 0.647. The van der Waals surface area contributed by atoms with Gasteiger partial charge >= 0.3 is 0 Å². The molecule has 0 radical (unpaired) electrons. The molecule has 134 valence electrons. The number of nitrogens with zero attached hydrogens (tertiary/aromatic N) is 2. The molecule has 1 unspecified atom stereocenters. The van der Waals surface area contributed by atoms with Gasteiger partial charge in [-0.15, -0.1) is 0 Å². The Labute approximate surface area is 150 Å². The van der Waals surface area contributed by atoms with Crippen molar-refractivity contribution in [2.75, 3.05) is 6.54 Å². The van der Waals surface area contributed by atoms with Crippen LogP contribution in [0, 0.1) is 0 Å². The summed E-state index contributed by atoms with van der Waals surface area (Å²) in [6, 6.07) is 8.53. The van der Waals surface area contributed by atoms with Crippen molar-refractivity contribution in [2.24, 2.45) is 0 Å². The molecule has 1 atom stereocenters. The lowest BCUT2D eigenvalue weighted by Crippen LogP contribution is -2.46. The van der Waals surface area contributed by atoms with Crippen molar-refractivity contribution >= 4 is 11.8 Å². The predicted octanol–water partition coefficient (Wildman–Crippen LogP) is 1.70. The first-order valence-electron chi connectivity index (χ1n) is 8.57. The molecule has 2 aromatic rings. The van der Waals surface area contributed by atoms with E-state index in [1.54, 1.807) is 42.7 Å². The number of hydrogen-bond donors (Lipinski definition) is 2. The van der Waals surface area contributed by atoms with E-state index in [4.69, 9.17) is 4.74 Å². The van der Waals surface area contributed by atoms with Crippen LogP contribution in [0.5, 0.6) is 5.75 Å². The van der Waals surface area contributed by atoms with Crippen LogP contribution in [-0.4, -0.2) is 39.2 Å². The lowest BCUT2D eigenvalue weighted by Gasteiger charge is -2.33. The van der Waals surface area contributed by atoms with Crippen LogP contribution in [0.25, 0.3) is 0 Å². The number of hydroxylamine groups is 2. The molecule has 7 nitrogen and oxygen atoms in total. The van der Waals surface area contributed by atoms with Gasteiger partial charge in [-0.05, 0) is 47.9 Å². The predicted molar refractivity (Wildman–Crippen MR) is 91.6 cm³/mol. The number of aryl methyl sites for hydroxylation is 1. The third-order valence-corrected chi connectivity index (χ3v) is 4.96. The van der Waals surface area contributed by atoms with Gasteiger partial charge < -0.3 is 10.1 Å². The van der Waals surface area contributed by atoms with E-state index >= 15 is 0 Å². The van der Waals surface area contributed by atoms with Gasteiger partial charge in [0.1, 0.15) is 5.75 Å². The van der Waals surface area contributed by atoms with Gasteiger partial charge in [-0.1, -0.05) is 0 Å². The third kappa shape index (κ3) is 2.90. The molecule has 4 rings (SSSR count). The normalized spacial score (nSPS) is 21.0. The van der Waals surface area contributed by atoms with E-state index in [-0.39, 0.29) is 12.5 Å². The van der Waals surface area contributed by atoms with E-state index in [0.717, 1.165) is 11.1 Å². The monoisotopic (exact) mass is 353 g/mol. The summed E-state index contributed by atoms with van der Waals surface area (Å²) in [7, 11) is 0. The highest BCUT2D eigenvalue weighted by Gasteiger charge is 2.46. The summed E-state index contributed by atoms with van der Waals surface area (Å²) in [5.41, 5.74) is 1.27. The summed E-state index contributed by atoms with van der Waals surface area (Å²) >= 11 is 0. The van der Waals surface area contributed by atoms with Crippen molar-refractivity contribution in [2.45, 2.75) is 31.4 Å². The van der Waals surface area contributed by atoms with E-state index in [1.807, 2.05) is 0 Å². The summed E-state index contributed by atoms with van der Waals surface area (Å²) in [5, 5.41) is 13.6. The van der Waals surface area contributed by atoms with Crippen molar-refractivity contribution in [3.8, 4) is 5.75 Å². The van der Waals surface area contributed by atoms with E-state index < -0.39 is 11.5 Å². The highest BCUT2D eigenvalue weighted by molar-refractivity contribution is 5.94. The second-order valence-corrected chi connectivity index (χ2v) is 6.64. The summed E-state index contributed by atoms with van der Waals surface area (Å²) in [5.74, 6) is 0.0779. The van der Waals surface area contributed by atoms with Crippen molar-refractivity contribution in [1.29, 1.82) is 0 Å². The van der Waals surface area contributed by atoms with Gasteiger partial charge in [0.15, 0.2) is 5.60 Å². The zero-order valence-corrected chi connectivity index (χ0v) is 14.1. The first-order valence-corrected chi connectivity index (χ1v) is 8.57. The molecule has 2 aliphatic heterocycles. The number of aromatic nitrogens is 1. The van der Waals surface area contributed by atoms with Gasteiger partial charge in [0.25, 0.3) is 11.8 Å². The molecule has 2 amide bonds. The zero-order valence-electron chi connectivity index (χ0n) is 14.1. The minimum Gasteiger partial charge on any atom is -0.477 e. The van der Waals surface area contributed by atoms with Crippen LogP contribution in [0.4, 0.5) is 0 Å². The Morgan fingerprint density at radius 1 is 1.27 bits per heavy atom. The van der Waals surface area contributed by atoms with Crippen molar-refractivity contribution in [3.05, 3.63) is 59.4 Å². The average Bonchev–Trinajstić information content (AvgIpc) is 3.01. The summed E-state index contributed by atoms with van der Waals surface area (Å²) in [4.78, 5) is 28.5. The van der Waals surface area contributed by atoms with E-state index in [9.17, 15) is 14.8 Å². The van der Waals surface area contributed by atoms with Crippen LogP contribution in [-0.2, 0) is 17.8 Å². The van der Waals surface area contributed by atoms with E-state index in [2.05, 4.69) is 10.3 Å². The fourth-order valence-corrected chi connectivity index (χ4v) is 3.48. The van der Waals surface area contributed by atoms with Crippen LogP contribution < -0.4 is 10.1 Å². The Bertz CT molecular complexity index is 855. The van der Waals surface area contributed by atoms with Gasteiger partial charge in [0.2, 0.25) is 0 Å². The molecule has 1 aromatic heterocycles. The first-order chi connectivity index (χ1) is 12.6. The van der Waals surface area contributed by atoms with Crippen LogP contribution >= 0.6 is 0 Å². The smallest absolute Gasteiger partial charge is 0.277 e. The maximum atomic E-state index is 12.5. The molecule has 0 aliphatic carbocycles. The number of ether oxygens (including phenoxy) is 1. The van der Waals surface area contributed by atoms with Crippen LogP contribution in [0.3, 0.4) is 0 Å².